The first-order valence-electron chi connectivity index (χ1n) is 7.41. The molecule has 0 amide bonds. The number of nitrogens with one attached hydrogen (secondary N) is 1. The summed E-state index contributed by atoms with van der Waals surface area (Å²) in [7, 11) is 0. The molecule has 0 bridgehead atoms. The molecule has 1 unspecified atom stereocenters. The SMILES string of the molecule is CC(O)(CNc1cnn(-c2ccc(Cl)cc2)c(=O)c1Cl)c1ccsc1. The first-order chi connectivity index (χ1) is 11.9. The van der Waals surface area contributed by atoms with E-state index in [1.54, 1.807) is 31.2 Å². The van der Waals surface area contributed by atoms with Gasteiger partial charge in [0.1, 0.15) is 10.6 Å². The van der Waals surface area contributed by atoms with Crippen LogP contribution in [0, 0.1) is 0 Å². The fraction of sp³-hybridized carbons (Fsp3) is 0.176. The van der Waals surface area contributed by atoms with Crippen LogP contribution in [-0.2, 0) is 5.60 Å². The van der Waals surface area contributed by atoms with E-state index in [2.05, 4.69) is 10.4 Å². The Hall–Kier alpha value is -1.86. The maximum atomic E-state index is 12.5. The molecule has 0 fully saturated rings. The van der Waals surface area contributed by atoms with E-state index in [0.717, 1.165) is 5.56 Å². The molecule has 0 saturated carbocycles. The molecule has 0 aliphatic carbocycles. The monoisotopic (exact) mass is 395 g/mol. The number of benzene rings is 1. The normalized spacial score (nSPS) is 13.4. The highest BCUT2D eigenvalue weighted by Crippen LogP contribution is 2.25. The Morgan fingerprint density at radius 2 is 2.00 bits per heavy atom. The van der Waals surface area contributed by atoms with Crippen LogP contribution in [0.3, 0.4) is 0 Å². The van der Waals surface area contributed by atoms with Gasteiger partial charge in [-0.05, 0) is 53.6 Å². The van der Waals surface area contributed by atoms with Crippen molar-refractivity contribution in [3.8, 4) is 5.69 Å². The third-order valence-electron chi connectivity index (χ3n) is 3.76. The van der Waals surface area contributed by atoms with E-state index < -0.39 is 11.2 Å². The van der Waals surface area contributed by atoms with Gasteiger partial charge in [-0.3, -0.25) is 4.79 Å². The lowest BCUT2D eigenvalue weighted by atomic mass is 9.99. The van der Waals surface area contributed by atoms with Gasteiger partial charge in [0.05, 0.1) is 17.6 Å². The average Bonchev–Trinajstić information content (AvgIpc) is 3.13. The summed E-state index contributed by atoms with van der Waals surface area (Å²) in [4.78, 5) is 12.5. The summed E-state index contributed by atoms with van der Waals surface area (Å²) in [6.07, 6.45) is 1.46. The quantitative estimate of drug-likeness (QED) is 0.686. The summed E-state index contributed by atoms with van der Waals surface area (Å²) >= 11 is 13.6. The van der Waals surface area contributed by atoms with E-state index >= 15 is 0 Å². The second-order valence-corrected chi connectivity index (χ2v) is 7.30. The smallest absolute Gasteiger partial charge is 0.292 e. The maximum Gasteiger partial charge on any atom is 0.292 e. The van der Waals surface area contributed by atoms with Crippen LogP contribution < -0.4 is 10.9 Å². The third-order valence-corrected chi connectivity index (χ3v) is 5.06. The van der Waals surface area contributed by atoms with Crippen LogP contribution >= 0.6 is 34.5 Å². The first-order valence-corrected chi connectivity index (χ1v) is 9.11. The first kappa shape index (κ1) is 17.9. The molecular weight excluding hydrogens is 381 g/mol. The number of halogens is 2. The highest BCUT2D eigenvalue weighted by molar-refractivity contribution is 7.08. The maximum absolute atomic E-state index is 12.5. The fourth-order valence-electron chi connectivity index (χ4n) is 2.26. The summed E-state index contributed by atoms with van der Waals surface area (Å²) in [5, 5.41) is 22.0. The molecule has 25 heavy (non-hydrogen) atoms. The van der Waals surface area contributed by atoms with Crippen LogP contribution in [0.15, 0.2) is 52.1 Å². The molecule has 8 heteroatoms. The molecule has 0 radical (unpaired) electrons. The zero-order valence-electron chi connectivity index (χ0n) is 13.2. The molecular formula is C17H15Cl2N3O2S. The predicted octanol–water partition coefficient (Wildman–Crippen LogP) is 3.92. The van der Waals surface area contributed by atoms with Gasteiger partial charge in [0.15, 0.2) is 0 Å². The second-order valence-electron chi connectivity index (χ2n) is 5.71. The highest BCUT2D eigenvalue weighted by Gasteiger charge is 2.24. The van der Waals surface area contributed by atoms with Crippen molar-refractivity contribution in [3.05, 3.63) is 73.3 Å². The summed E-state index contributed by atoms with van der Waals surface area (Å²) in [6, 6.07) is 8.56. The van der Waals surface area contributed by atoms with Gasteiger partial charge in [-0.15, -0.1) is 0 Å². The number of anilines is 1. The minimum Gasteiger partial charge on any atom is -0.384 e. The molecule has 0 spiro atoms. The Balaban J connectivity index is 1.83. The van der Waals surface area contributed by atoms with Crippen LogP contribution in [0.1, 0.15) is 12.5 Å². The molecule has 1 aromatic carbocycles. The Labute approximate surface area is 158 Å². The Morgan fingerprint density at radius 1 is 1.28 bits per heavy atom. The van der Waals surface area contributed by atoms with Crippen molar-refractivity contribution in [1.29, 1.82) is 0 Å². The summed E-state index contributed by atoms with van der Waals surface area (Å²) < 4.78 is 1.20. The van der Waals surface area contributed by atoms with Gasteiger partial charge in [-0.25, -0.2) is 0 Å². The largest absolute Gasteiger partial charge is 0.384 e. The van der Waals surface area contributed by atoms with Crippen LogP contribution in [0.4, 0.5) is 5.69 Å². The summed E-state index contributed by atoms with van der Waals surface area (Å²) in [5.41, 5.74) is 0.183. The van der Waals surface area contributed by atoms with E-state index in [1.165, 1.54) is 22.2 Å². The molecule has 2 N–H and O–H groups in total. The predicted molar refractivity (Wildman–Crippen MR) is 102 cm³/mol. The van der Waals surface area contributed by atoms with Gasteiger partial charge in [-0.1, -0.05) is 23.2 Å². The van der Waals surface area contributed by atoms with Gasteiger partial charge in [-0.2, -0.15) is 21.1 Å². The average molecular weight is 396 g/mol. The van der Waals surface area contributed by atoms with Crippen LogP contribution in [0.5, 0.6) is 0 Å². The lowest BCUT2D eigenvalue weighted by Gasteiger charge is -2.23. The molecule has 2 aromatic heterocycles. The standard InChI is InChI=1S/C17H15Cl2N3O2S/c1-17(24,11-6-7-25-9-11)10-20-14-8-21-22(16(23)15(14)19)13-4-2-12(18)3-5-13/h2-9,20,24H,10H2,1H3. The Morgan fingerprint density at radius 3 is 2.64 bits per heavy atom. The fourth-order valence-corrected chi connectivity index (χ4v) is 3.37. The molecule has 1 atom stereocenters. The second kappa shape index (κ2) is 7.17. The minimum atomic E-state index is -1.09. The van der Waals surface area contributed by atoms with Gasteiger partial charge < -0.3 is 10.4 Å². The molecule has 3 rings (SSSR count). The van der Waals surface area contributed by atoms with Crippen LogP contribution in [0.2, 0.25) is 10.0 Å². The minimum absolute atomic E-state index is 0.00562. The van der Waals surface area contributed by atoms with E-state index in [-0.39, 0.29) is 11.6 Å². The highest BCUT2D eigenvalue weighted by atomic mass is 35.5. The van der Waals surface area contributed by atoms with Crippen LogP contribution in [0.25, 0.3) is 5.69 Å². The van der Waals surface area contributed by atoms with Crippen molar-refractivity contribution in [1.82, 2.24) is 9.78 Å². The van der Waals surface area contributed by atoms with Crippen molar-refractivity contribution in [2.45, 2.75) is 12.5 Å². The number of hydrogen-bond donors (Lipinski definition) is 2. The molecule has 5 nitrogen and oxygen atoms in total. The molecule has 130 valence electrons. The zero-order valence-corrected chi connectivity index (χ0v) is 15.6. The van der Waals surface area contributed by atoms with Gasteiger partial charge in [0.25, 0.3) is 5.56 Å². The number of aromatic nitrogens is 2. The molecule has 0 saturated heterocycles. The summed E-state index contributed by atoms with van der Waals surface area (Å²) in [6.45, 7) is 1.88. The van der Waals surface area contributed by atoms with Gasteiger partial charge in [0, 0.05) is 11.6 Å². The molecule has 0 aliphatic rings. The van der Waals surface area contributed by atoms with Crippen molar-refractivity contribution in [3.63, 3.8) is 0 Å². The Kier molecular flexibility index (Phi) is 5.15. The lowest BCUT2D eigenvalue weighted by molar-refractivity contribution is 0.0720. The van der Waals surface area contributed by atoms with Gasteiger partial charge >= 0.3 is 0 Å². The topological polar surface area (TPSA) is 67.2 Å². The zero-order chi connectivity index (χ0) is 18.0. The number of aliphatic hydroxyl groups is 1. The van der Waals surface area contributed by atoms with E-state index in [9.17, 15) is 9.90 Å². The van der Waals surface area contributed by atoms with E-state index in [1.807, 2.05) is 16.8 Å². The number of thiophene rings is 1. The molecule has 0 aliphatic heterocycles. The molecule has 3 aromatic rings. The van der Waals surface area contributed by atoms with E-state index in [0.29, 0.717) is 16.4 Å². The van der Waals surface area contributed by atoms with Crippen molar-refractivity contribution in [2.75, 3.05) is 11.9 Å². The van der Waals surface area contributed by atoms with Crippen molar-refractivity contribution in [2.24, 2.45) is 0 Å². The molecule has 2 heterocycles. The summed E-state index contributed by atoms with van der Waals surface area (Å²) in [5.74, 6) is 0. The van der Waals surface area contributed by atoms with Gasteiger partial charge in [0.2, 0.25) is 0 Å². The lowest BCUT2D eigenvalue weighted by Crippen LogP contribution is -2.31. The third kappa shape index (κ3) is 3.88. The van der Waals surface area contributed by atoms with Crippen molar-refractivity contribution < 1.29 is 5.11 Å². The number of hydrogen-bond acceptors (Lipinski definition) is 5. The van der Waals surface area contributed by atoms with E-state index in [4.69, 9.17) is 23.2 Å². The van der Waals surface area contributed by atoms with Crippen LogP contribution in [-0.4, -0.2) is 21.4 Å². The number of rotatable bonds is 5. The Bertz CT molecular complexity index is 922. The van der Waals surface area contributed by atoms with Crippen molar-refractivity contribution >= 4 is 40.2 Å². The number of nitrogens with zero attached hydrogens (tertiary/aromatic N) is 2.